The molecule has 0 bridgehead atoms. The van der Waals surface area contributed by atoms with Gasteiger partial charge in [-0.15, -0.1) is 0 Å². The third-order valence-corrected chi connectivity index (χ3v) is 4.90. The van der Waals surface area contributed by atoms with Gasteiger partial charge in [-0.05, 0) is 53.7 Å². The monoisotopic (exact) mass is 376 g/mol. The van der Waals surface area contributed by atoms with Crippen LogP contribution in [0.3, 0.4) is 0 Å². The van der Waals surface area contributed by atoms with Crippen LogP contribution in [0.25, 0.3) is 0 Å². The average molecular weight is 377 g/mol. The Morgan fingerprint density at radius 3 is 1.89 bits per heavy atom. The Kier molecular flexibility index (Phi) is 10.4. The summed E-state index contributed by atoms with van der Waals surface area (Å²) in [5.41, 5.74) is 3.81. The molecule has 1 rings (SSSR count). The highest BCUT2D eigenvalue weighted by Gasteiger charge is 2.36. The lowest BCUT2D eigenvalue weighted by molar-refractivity contribution is -0.159. The second kappa shape index (κ2) is 10.9. The van der Waals surface area contributed by atoms with E-state index in [2.05, 4.69) is 73.6 Å². The molecule has 0 spiro atoms. The number of rotatable bonds is 6. The molecule has 1 aromatic carbocycles. The largest absolute Gasteiger partial charge is 0.458 e. The molecule has 2 atom stereocenters. The van der Waals surface area contributed by atoms with Crippen molar-refractivity contribution in [1.82, 2.24) is 0 Å². The summed E-state index contributed by atoms with van der Waals surface area (Å²) in [6, 6.07) is 6.48. The maximum Gasteiger partial charge on any atom is 0.310 e. The summed E-state index contributed by atoms with van der Waals surface area (Å²) in [4.78, 5) is 12.9. The Morgan fingerprint density at radius 1 is 0.963 bits per heavy atom. The lowest BCUT2D eigenvalue weighted by atomic mass is 9.72. The molecule has 0 amide bonds. The second-order valence-corrected chi connectivity index (χ2v) is 9.50. The minimum absolute atomic E-state index is 0.0764. The summed E-state index contributed by atoms with van der Waals surface area (Å²) < 4.78 is 5.91. The van der Waals surface area contributed by atoms with E-state index in [0.717, 1.165) is 24.8 Å². The van der Waals surface area contributed by atoms with Crippen LogP contribution in [0.15, 0.2) is 18.2 Å². The lowest BCUT2D eigenvalue weighted by Gasteiger charge is -2.34. The van der Waals surface area contributed by atoms with Crippen LogP contribution in [0.2, 0.25) is 0 Å². The van der Waals surface area contributed by atoms with Gasteiger partial charge in [-0.3, -0.25) is 4.79 Å². The first-order valence-corrected chi connectivity index (χ1v) is 10.7. The zero-order valence-corrected chi connectivity index (χ0v) is 19.8. The van der Waals surface area contributed by atoms with E-state index in [-0.39, 0.29) is 28.8 Å². The molecule has 0 fully saturated rings. The molecule has 0 saturated carbocycles. The van der Waals surface area contributed by atoms with Gasteiger partial charge in [0, 0.05) is 0 Å². The first-order chi connectivity index (χ1) is 12.4. The van der Waals surface area contributed by atoms with E-state index in [1.165, 1.54) is 11.1 Å². The average Bonchev–Trinajstić information content (AvgIpc) is 2.58. The molecule has 156 valence electrons. The number of carbonyl (C=O) groups excluding carboxylic acids is 1. The third kappa shape index (κ3) is 8.49. The van der Waals surface area contributed by atoms with Crippen molar-refractivity contribution in [2.24, 2.45) is 16.7 Å². The fourth-order valence-corrected chi connectivity index (χ4v) is 3.25. The quantitative estimate of drug-likeness (QED) is 0.479. The molecule has 2 heteroatoms. The van der Waals surface area contributed by atoms with Gasteiger partial charge < -0.3 is 4.74 Å². The Balaban J connectivity index is 0.00000326. The van der Waals surface area contributed by atoms with Crippen LogP contribution in [0, 0.1) is 16.7 Å². The molecule has 27 heavy (non-hydrogen) atoms. The molecule has 0 radical (unpaired) electrons. The Morgan fingerprint density at radius 2 is 1.48 bits per heavy atom. The molecule has 2 nitrogen and oxygen atoms in total. The molecular weight excluding hydrogens is 332 g/mol. The van der Waals surface area contributed by atoms with Crippen LogP contribution < -0.4 is 0 Å². The Labute approximate surface area is 169 Å². The molecule has 0 N–H and O–H groups in total. The number of hydrogen-bond donors (Lipinski definition) is 0. The van der Waals surface area contributed by atoms with Crippen LogP contribution in [-0.2, 0) is 22.4 Å². The highest BCUT2D eigenvalue weighted by atomic mass is 16.5. The van der Waals surface area contributed by atoms with Gasteiger partial charge in [-0.2, -0.15) is 0 Å². The number of ether oxygens (including phenoxy) is 1. The molecule has 2 unspecified atom stereocenters. The van der Waals surface area contributed by atoms with Crippen LogP contribution in [-0.4, -0.2) is 5.97 Å². The van der Waals surface area contributed by atoms with Gasteiger partial charge in [0.1, 0.15) is 6.10 Å². The van der Waals surface area contributed by atoms with Crippen LogP contribution >= 0.6 is 0 Å². The number of esters is 1. The van der Waals surface area contributed by atoms with Crippen molar-refractivity contribution in [3.8, 4) is 0 Å². The number of aryl methyl sites for hydroxylation is 2. The van der Waals surface area contributed by atoms with Gasteiger partial charge in [-0.1, -0.05) is 87.4 Å². The van der Waals surface area contributed by atoms with Gasteiger partial charge in [-0.25, -0.2) is 0 Å². The van der Waals surface area contributed by atoms with E-state index < -0.39 is 0 Å². The van der Waals surface area contributed by atoms with Crippen molar-refractivity contribution in [3.63, 3.8) is 0 Å². The second-order valence-electron chi connectivity index (χ2n) is 9.50. The molecule has 1 aromatic rings. The van der Waals surface area contributed by atoms with E-state index in [4.69, 9.17) is 4.74 Å². The van der Waals surface area contributed by atoms with Crippen molar-refractivity contribution in [1.29, 1.82) is 0 Å². The van der Waals surface area contributed by atoms with Gasteiger partial charge in [0.05, 0.1) is 5.92 Å². The lowest BCUT2D eigenvalue weighted by Crippen LogP contribution is -2.34. The van der Waals surface area contributed by atoms with Crippen molar-refractivity contribution in [2.45, 2.75) is 102 Å². The molecule has 0 aromatic heterocycles. The zero-order chi connectivity index (χ0) is 21.4. The molecule has 0 heterocycles. The summed E-state index contributed by atoms with van der Waals surface area (Å²) in [6.45, 7) is 23.3. The van der Waals surface area contributed by atoms with Crippen molar-refractivity contribution >= 4 is 5.97 Å². The van der Waals surface area contributed by atoms with Crippen LogP contribution in [0.5, 0.6) is 0 Å². The predicted molar refractivity (Wildman–Crippen MR) is 118 cm³/mol. The summed E-state index contributed by atoms with van der Waals surface area (Å²) in [5.74, 6) is -0.178. The van der Waals surface area contributed by atoms with Crippen molar-refractivity contribution in [2.75, 3.05) is 0 Å². The van der Waals surface area contributed by atoms with E-state index in [9.17, 15) is 4.79 Å². The zero-order valence-electron chi connectivity index (χ0n) is 19.8. The smallest absolute Gasteiger partial charge is 0.310 e. The van der Waals surface area contributed by atoms with Gasteiger partial charge in [0.25, 0.3) is 0 Å². The van der Waals surface area contributed by atoms with Crippen LogP contribution in [0.1, 0.15) is 105 Å². The fraction of sp³-hybridized carbons (Fsp3) is 0.720. The standard InChI is InChI=1S/C23H38O2.C2H6/c1-10-17-12-13-19(14-18(17)11-2)16(3)25-21(24)20(23(7,8)9)15-22(4,5)6;1-2/h12-14,16,20H,10-11,15H2,1-9H3;1-2H3. The van der Waals surface area contributed by atoms with Crippen molar-refractivity contribution < 1.29 is 9.53 Å². The molecule has 0 saturated heterocycles. The predicted octanol–water partition coefficient (Wildman–Crippen LogP) is 7.54. The topological polar surface area (TPSA) is 26.3 Å². The Bertz CT molecular complexity index is 573. The maximum absolute atomic E-state index is 12.9. The maximum atomic E-state index is 12.9. The van der Waals surface area contributed by atoms with E-state index >= 15 is 0 Å². The minimum Gasteiger partial charge on any atom is -0.458 e. The van der Waals surface area contributed by atoms with Gasteiger partial charge in [0.15, 0.2) is 0 Å². The summed E-state index contributed by atoms with van der Waals surface area (Å²) in [7, 11) is 0. The van der Waals surface area contributed by atoms with Crippen molar-refractivity contribution in [3.05, 3.63) is 34.9 Å². The van der Waals surface area contributed by atoms with E-state index in [0.29, 0.717) is 0 Å². The summed E-state index contributed by atoms with van der Waals surface area (Å²) >= 11 is 0. The number of carbonyl (C=O) groups is 1. The van der Waals surface area contributed by atoms with Gasteiger partial charge >= 0.3 is 5.97 Å². The molecule has 0 aliphatic heterocycles. The first-order valence-electron chi connectivity index (χ1n) is 10.7. The highest BCUT2D eigenvalue weighted by Crippen LogP contribution is 2.37. The van der Waals surface area contributed by atoms with Gasteiger partial charge in [0.2, 0.25) is 0 Å². The summed E-state index contributed by atoms with van der Waals surface area (Å²) in [6.07, 6.45) is 2.66. The molecule has 0 aliphatic carbocycles. The normalized spacial score (nSPS) is 14.0. The van der Waals surface area contributed by atoms with Crippen LogP contribution in [0.4, 0.5) is 0 Å². The summed E-state index contributed by atoms with van der Waals surface area (Å²) in [5, 5.41) is 0. The van der Waals surface area contributed by atoms with E-state index in [1.54, 1.807) is 0 Å². The fourth-order valence-electron chi connectivity index (χ4n) is 3.25. The first kappa shape index (κ1) is 25.7. The third-order valence-electron chi connectivity index (χ3n) is 4.90. The SMILES string of the molecule is CC.CCc1ccc(C(C)OC(=O)C(CC(C)(C)C)C(C)(C)C)cc1CC. The Hall–Kier alpha value is -1.31. The molecular formula is C25H44O2. The number of benzene rings is 1. The molecule has 0 aliphatic rings. The number of hydrogen-bond acceptors (Lipinski definition) is 2. The van der Waals surface area contributed by atoms with E-state index in [1.807, 2.05) is 20.8 Å². The highest BCUT2D eigenvalue weighted by molar-refractivity contribution is 5.73. The minimum atomic E-state index is -0.214.